The number of hydrogen-bond donors (Lipinski definition) is 1. The molecule has 6 heteroatoms. The number of carbonyl (C=O) groups excluding carboxylic acids is 2. The second kappa shape index (κ2) is 9.89. The average molecular weight is 406 g/mol. The first-order chi connectivity index (χ1) is 14.1. The molecule has 3 aromatic rings. The van der Waals surface area contributed by atoms with Crippen molar-refractivity contribution in [3.8, 4) is 0 Å². The van der Waals surface area contributed by atoms with Crippen LogP contribution in [0.2, 0.25) is 0 Å². The summed E-state index contributed by atoms with van der Waals surface area (Å²) in [4.78, 5) is 32.6. The van der Waals surface area contributed by atoms with Gasteiger partial charge in [-0.2, -0.15) is 0 Å². The number of aromatic nitrogens is 1. The molecule has 0 spiro atoms. The molecule has 2 amide bonds. The number of amides is 2. The first kappa shape index (κ1) is 20.6. The maximum absolute atomic E-state index is 12.9. The minimum atomic E-state index is -0.260. The third kappa shape index (κ3) is 5.23. The lowest BCUT2D eigenvalue weighted by Gasteiger charge is -2.19. The summed E-state index contributed by atoms with van der Waals surface area (Å²) in [6, 6.07) is 20.3. The Labute approximate surface area is 175 Å². The Balaban J connectivity index is 1.79. The molecule has 2 aromatic carbocycles. The van der Waals surface area contributed by atoms with Crippen LogP contribution in [0, 0.1) is 0 Å². The first-order valence-electron chi connectivity index (χ1n) is 9.51. The summed E-state index contributed by atoms with van der Waals surface area (Å²) in [5.74, 6) is -0.309. The van der Waals surface area contributed by atoms with Crippen molar-refractivity contribution in [3.05, 3.63) is 84.1 Å². The summed E-state index contributed by atoms with van der Waals surface area (Å²) in [6.07, 6.45) is 1.67. The Kier molecular flexibility index (Phi) is 7.03. The van der Waals surface area contributed by atoms with Crippen molar-refractivity contribution in [2.45, 2.75) is 23.8 Å². The van der Waals surface area contributed by atoms with Crippen molar-refractivity contribution in [3.63, 3.8) is 0 Å². The van der Waals surface area contributed by atoms with E-state index in [4.69, 9.17) is 0 Å². The Morgan fingerprint density at radius 2 is 1.72 bits per heavy atom. The highest BCUT2D eigenvalue weighted by Gasteiger charge is 2.16. The summed E-state index contributed by atoms with van der Waals surface area (Å²) < 4.78 is 0. The fourth-order valence-corrected chi connectivity index (χ4v) is 3.77. The van der Waals surface area contributed by atoms with Crippen molar-refractivity contribution in [2.24, 2.45) is 0 Å². The van der Waals surface area contributed by atoms with Gasteiger partial charge in [-0.15, -0.1) is 0 Å². The highest BCUT2D eigenvalue weighted by molar-refractivity contribution is 7.99. The van der Waals surface area contributed by atoms with Crippen LogP contribution in [0.25, 0.3) is 0 Å². The van der Waals surface area contributed by atoms with Crippen molar-refractivity contribution in [1.82, 2.24) is 9.88 Å². The van der Waals surface area contributed by atoms with E-state index in [-0.39, 0.29) is 11.8 Å². The minimum absolute atomic E-state index is 0.0483. The van der Waals surface area contributed by atoms with Crippen molar-refractivity contribution in [1.29, 1.82) is 0 Å². The fraction of sp³-hybridized carbons (Fsp3) is 0.174. The normalized spacial score (nSPS) is 10.4. The molecule has 0 atom stereocenters. The number of nitrogens with zero attached hydrogens (tertiary/aromatic N) is 2. The second-order valence-corrected chi connectivity index (χ2v) is 7.35. The zero-order valence-electron chi connectivity index (χ0n) is 16.5. The number of nitrogens with one attached hydrogen (secondary N) is 1. The second-order valence-electron chi connectivity index (χ2n) is 6.28. The molecule has 29 heavy (non-hydrogen) atoms. The van der Waals surface area contributed by atoms with E-state index in [1.54, 1.807) is 47.5 Å². The summed E-state index contributed by atoms with van der Waals surface area (Å²) in [7, 11) is 0. The predicted molar refractivity (Wildman–Crippen MR) is 116 cm³/mol. The molecule has 5 nitrogen and oxygen atoms in total. The van der Waals surface area contributed by atoms with Gasteiger partial charge in [0.2, 0.25) is 0 Å². The van der Waals surface area contributed by atoms with Crippen molar-refractivity contribution < 1.29 is 9.59 Å². The molecule has 0 saturated heterocycles. The Morgan fingerprint density at radius 3 is 2.45 bits per heavy atom. The molecule has 0 unspecified atom stereocenters. The van der Waals surface area contributed by atoms with Gasteiger partial charge in [-0.25, -0.2) is 4.98 Å². The number of benzene rings is 2. The number of anilines is 1. The SMILES string of the molecule is CCN(CC)C(=O)c1cccc(NC(=O)c2cccnc2Sc2ccccc2)c1. The van der Waals surface area contributed by atoms with Gasteiger partial charge in [0.05, 0.1) is 5.56 Å². The van der Waals surface area contributed by atoms with Crippen LogP contribution in [0.15, 0.2) is 82.8 Å². The highest BCUT2D eigenvalue weighted by Crippen LogP contribution is 2.28. The molecule has 0 aliphatic heterocycles. The molecule has 148 valence electrons. The Hall–Kier alpha value is -3.12. The topological polar surface area (TPSA) is 62.3 Å². The summed E-state index contributed by atoms with van der Waals surface area (Å²) >= 11 is 1.44. The van der Waals surface area contributed by atoms with E-state index in [2.05, 4.69) is 10.3 Å². The maximum Gasteiger partial charge on any atom is 0.258 e. The van der Waals surface area contributed by atoms with Crippen LogP contribution in [0.3, 0.4) is 0 Å². The molecular formula is C23H23N3O2S. The summed E-state index contributed by atoms with van der Waals surface area (Å²) in [6.45, 7) is 5.17. The molecular weight excluding hydrogens is 382 g/mol. The van der Waals surface area contributed by atoms with Crippen molar-refractivity contribution in [2.75, 3.05) is 18.4 Å². The Morgan fingerprint density at radius 1 is 0.966 bits per heavy atom. The molecule has 1 N–H and O–H groups in total. The van der Waals surface area contributed by atoms with Crippen LogP contribution in [0.4, 0.5) is 5.69 Å². The van der Waals surface area contributed by atoms with Gasteiger partial charge >= 0.3 is 0 Å². The number of rotatable bonds is 7. The van der Waals surface area contributed by atoms with E-state index in [0.29, 0.717) is 34.9 Å². The number of hydrogen-bond acceptors (Lipinski definition) is 4. The lowest BCUT2D eigenvalue weighted by molar-refractivity contribution is 0.0772. The molecule has 1 aromatic heterocycles. The van der Waals surface area contributed by atoms with E-state index >= 15 is 0 Å². The fourth-order valence-electron chi connectivity index (χ4n) is 2.87. The molecule has 0 saturated carbocycles. The van der Waals surface area contributed by atoms with E-state index in [0.717, 1.165) is 4.90 Å². The standard InChI is InChI=1S/C23H23N3O2S/c1-3-26(4-2)23(28)17-10-8-11-18(16-17)25-21(27)20-14-9-15-24-22(20)29-19-12-6-5-7-13-19/h5-16H,3-4H2,1-2H3,(H,25,27). The van der Waals surface area contributed by atoms with Gasteiger partial charge in [-0.1, -0.05) is 36.0 Å². The van der Waals surface area contributed by atoms with Gasteiger partial charge < -0.3 is 10.2 Å². The van der Waals surface area contributed by atoms with Crippen molar-refractivity contribution >= 4 is 29.3 Å². The summed E-state index contributed by atoms with van der Waals surface area (Å²) in [5, 5.41) is 3.52. The molecule has 0 aliphatic carbocycles. The van der Waals surface area contributed by atoms with Crippen LogP contribution in [-0.4, -0.2) is 34.8 Å². The van der Waals surface area contributed by atoms with Gasteiger partial charge in [0, 0.05) is 35.4 Å². The highest BCUT2D eigenvalue weighted by atomic mass is 32.2. The van der Waals surface area contributed by atoms with E-state index in [9.17, 15) is 9.59 Å². The average Bonchev–Trinajstić information content (AvgIpc) is 2.76. The first-order valence-corrected chi connectivity index (χ1v) is 10.3. The molecule has 0 bridgehead atoms. The smallest absolute Gasteiger partial charge is 0.258 e. The maximum atomic E-state index is 12.9. The van der Waals surface area contributed by atoms with E-state index in [1.807, 2.05) is 44.2 Å². The molecule has 0 fully saturated rings. The molecule has 3 rings (SSSR count). The van der Waals surface area contributed by atoms with E-state index < -0.39 is 0 Å². The van der Waals surface area contributed by atoms with Crippen LogP contribution in [-0.2, 0) is 0 Å². The lowest BCUT2D eigenvalue weighted by atomic mass is 10.1. The van der Waals surface area contributed by atoms with Gasteiger partial charge in [0.25, 0.3) is 11.8 Å². The molecule has 0 radical (unpaired) electrons. The largest absolute Gasteiger partial charge is 0.339 e. The summed E-state index contributed by atoms with van der Waals surface area (Å²) in [5.41, 5.74) is 1.62. The zero-order valence-corrected chi connectivity index (χ0v) is 17.3. The Bertz CT molecular complexity index is 988. The predicted octanol–water partition coefficient (Wildman–Crippen LogP) is 4.97. The van der Waals surface area contributed by atoms with Gasteiger partial charge in [-0.05, 0) is 56.3 Å². The van der Waals surface area contributed by atoms with Crippen LogP contribution < -0.4 is 5.32 Å². The number of pyridine rings is 1. The molecule has 0 aliphatic rings. The quantitative estimate of drug-likeness (QED) is 0.603. The lowest BCUT2D eigenvalue weighted by Crippen LogP contribution is -2.30. The number of carbonyl (C=O) groups is 2. The molecule has 1 heterocycles. The zero-order chi connectivity index (χ0) is 20.6. The monoisotopic (exact) mass is 405 g/mol. The van der Waals surface area contributed by atoms with Crippen LogP contribution in [0.5, 0.6) is 0 Å². The van der Waals surface area contributed by atoms with E-state index in [1.165, 1.54) is 11.8 Å². The third-order valence-electron chi connectivity index (χ3n) is 4.39. The van der Waals surface area contributed by atoms with Crippen LogP contribution >= 0.6 is 11.8 Å². The van der Waals surface area contributed by atoms with Crippen LogP contribution in [0.1, 0.15) is 34.6 Å². The van der Waals surface area contributed by atoms with Gasteiger partial charge in [0.15, 0.2) is 0 Å². The minimum Gasteiger partial charge on any atom is -0.339 e. The van der Waals surface area contributed by atoms with Gasteiger partial charge in [0.1, 0.15) is 5.03 Å². The van der Waals surface area contributed by atoms with Gasteiger partial charge in [-0.3, -0.25) is 9.59 Å². The third-order valence-corrected chi connectivity index (χ3v) is 5.42.